The van der Waals surface area contributed by atoms with Gasteiger partial charge in [-0.25, -0.2) is 4.79 Å². The minimum Gasteiger partial charge on any atom is -0.444 e. The van der Waals surface area contributed by atoms with Crippen LogP contribution in [0.2, 0.25) is 0 Å². The number of carbonyl (C=O) groups excluding carboxylic acids is 2. The van der Waals surface area contributed by atoms with Gasteiger partial charge in [-0.2, -0.15) is 0 Å². The molecule has 0 N–H and O–H groups in total. The summed E-state index contributed by atoms with van der Waals surface area (Å²) in [6.07, 6.45) is 1.54. The Morgan fingerprint density at radius 3 is 2.04 bits per heavy atom. The van der Waals surface area contributed by atoms with Crippen molar-refractivity contribution in [3.8, 4) is 0 Å². The molecule has 0 unspecified atom stereocenters. The van der Waals surface area contributed by atoms with Gasteiger partial charge in [-0.05, 0) is 20.8 Å². The van der Waals surface area contributed by atoms with Gasteiger partial charge in [0.15, 0.2) is 0 Å². The molecule has 1 aromatic carbocycles. The maximum Gasteiger partial charge on any atom is 0.410 e. The van der Waals surface area contributed by atoms with Crippen LogP contribution in [0.3, 0.4) is 0 Å². The van der Waals surface area contributed by atoms with Crippen molar-refractivity contribution in [2.75, 3.05) is 40.3 Å². The number of carbonyl (C=O) groups is 2. The number of nitrogens with zero attached hydrogens (tertiary/aromatic N) is 3. The van der Waals surface area contributed by atoms with E-state index in [0.717, 1.165) is 0 Å². The van der Waals surface area contributed by atoms with E-state index in [2.05, 4.69) is 0 Å². The van der Waals surface area contributed by atoms with Crippen LogP contribution >= 0.6 is 0 Å². The molecule has 2 rings (SSSR count). The summed E-state index contributed by atoms with van der Waals surface area (Å²) in [7, 11) is 3.80. The summed E-state index contributed by atoms with van der Waals surface area (Å²) >= 11 is 0. The van der Waals surface area contributed by atoms with Crippen molar-refractivity contribution in [1.82, 2.24) is 14.7 Å². The lowest BCUT2D eigenvalue weighted by atomic mass is 10.1. The average molecular weight is 359 g/mol. The highest BCUT2D eigenvalue weighted by Gasteiger charge is 2.28. The summed E-state index contributed by atoms with van der Waals surface area (Å²) in [5, 5.41) is 0. The lowest BCUT2D eigenvalue weighted by Crippen LogP contribution is -2.50. The number of Topliss-reactive ketones (excluding diaryl/α,β-unsaturated/α-hetero) is 1. The van der Waals surface area contributed by atoms with Gasteiger partial charge in [0.1, 0.15) is 11.3 Å². The molecule has 142 valence electrons. The first-order chi connectivity index (χ1) is 12.2. The van der Waals surface area contributed by atoms with E-state index in [1.54, 1.807) is 4.90 Å². The fourth-order valence-corrected chi connectivity index (χ4v) is 2.72. The summed E-state index contributed by atoms with van der Waals surface area (Å²) in [6.45, 7) is 7.82. The Labute approximate surface area is 156 Å². The van der Waals surface area contributed by atoms with Crippen molar-refractivity contribution in [3.05, 3.63) is 47.8 Å². The van der Waals surface area contributed by atoms with Crippen molar-refractivity contribution in [1.29, 1.82) is 0 Å². The van der Waals surface area contributed by atoms with Crippen LogP contribution in [-0.2, 0) is 4.74 Å². The molecule has 6 heteroatoms. The van der Waals surface area contributed by atoms with Crippen molar-refractivity contribution in [2.45, 2.75) is 26.4 Å². The molecule has 0 atom stereocenters. The Hall–Kier alpha value is -2.50. The molecule has 1 saturated heterocycles. The van der Waals surface area contributed by atoms with E-state index in [-0.39, 0.29) is 11.9 Å². The van der Waals surface area contributed by atoms with Gasteiger partial charge in [-0.1, -0.05) is 30.3 Å². The molecule has 0 bridgehead atoms. The summed E-state index contributed by atoms with van der Waals surface area (Å²) in [5.41, 5.74) is 0.799. The van der Waals surface area contributed by atoms with Gasteiger partial charge < -0.3 is 19.4 Å². The van der Waals surface area contributed by atoms with E-state index in [1.165, 1.54) is 0 Å². The van der Waals surface area contributed by atoms with Crippen LogP contribution in [-0.4, -0.2) is 72.5 Å². The summed E-state index contributed by atoms with van der Waals surface area (Å²) in [5.74, 6) is -0.00924. The molecule has 1 aromatic rings. The number of amides is 1. The standard InChI is InChI=1S/C20H29N3O3/c1-20(2,3)26-19(25)23-13-11-22(12-14-23)17(15-21(4)5)18(24)16-9-7-6-8-10-16/h6-10,15H,11-14H2,1-5H3/b17-15-. The third-order valence-corrected chi connectivity index (χ3v) is 3.92. The number of piperazine rings is 1. The molecule has 6 nitrogen and oxygen atoms in total. The SMILES string of the molecule is CN(C)/C=C(/C(=O)c1ccccc1)N1CCN(C(=O)OC(C)(C)C)CC1. The smallest absolute Gasteiger partial charge is 0.410 e. The van der Waals surface area contributed by atoms with Crippen molar-refractivity contribution in [2.24, 2.45) is 0 Å². The van der Waals surface area contributed by atoms with E-state index in [9.17, 15) is 9.59 Å². The minimum absolute atomic E-state index is 0.00924. The largest absolute Gasteiger partial charge is 0.444 e. The van der Waals surface area contributed by atoms with Gasteiger partial charge in [-0.3, -0.25) is 4.79 Å². The molecule has 1 aliphatic heterocycles. The number of benzene rings is 1. The zero-order chi connectivity index (χ0) is 19.3. The van der Waals surface area contributed by atoms with Gasteiger partial charge in [-0.15, -0.1) is 0 Å². The highest BCUT2D eigenvalue weighted by Crippen LogP contribution is 2.18. The first-order valence-electron chi connectivity index (χ1n) is 8.88. The third kappa shape index (κ3) is 5.51. The highest BCUT2D eigenvalue weighted by molar-refractivity contribution is 6.08. The molecular formula is C20H29N3O3. The third-order valence-electron chi connectivity index (χ3n) is 3.92. The summed E-state index contributed by atoms with van der Waals surface area (Å²) in [6, 6.07) is 9.26. The van der Waals surface area contributed by atoms with E-state index in [1.807, 2.05) is 81.2 Å². The fourth-order valence-electron chi connectivity index (χ4n) is 2.72. The van der Waals surface area contributed by atoms with Crippen LogP contribution in [0, 0.1) is 0 Å². The number of ether oxygens (including phenoxy) is 1. The molecule has 0 radical (unpaired) electrons. The molecule has 0 aromatic heterocycles. The van der Waals surface area contributed by atoms with Crippen LogP contribution in [0.1, 0.15) is 31.1 Å². The van der Waals surface area contributed by atoms with Crippen LogP contribution in [0.25, 0.3) is 0 Å². The molecule has 0 spiro atoms. The lowest BCUT2D eigenvalue weighted by Gasteiger charge is -2.37. The zero-order valence-corrected chi connectivity index (χ0v) is 16.4. The van der Waals surface area contributed by atoms with Crippen molar-refractivity contribution < 1.29 is 14.3 Å². The first kappa shape index (κ1) is 19.8. The Morgan fingerprint density at radius 1 is 1.00 bits per heavy atom. The number of allylic oxidation sites excluding steroid dienone is 1. The van der Waals surface area contributed by atoms with Crippen LogP contribution in [0.5, 0.6) is 0 Å². The molecule has 0 aliphatic carbocycles. The second-order valence-corrected chi connectivity index (χ2v) is 7.63. The number of ketones is 1. The average Bonchev–Trinajstić information content (AvgIpc) is 2.58. The second kappa shape index (κ2) is 8.25. The van der Waals surface area contributed by atoms with Gasteiger partial charge in [0.25, 0.3) is 0 Å². The summed E-state index contributed by atoms with van der Waals surface area (Å²) < 4.78 is 5.43. The molecular weight excluding hydrogens is 330 g/mol. The van der Waals surface area contributed by atoms with E-state index in [0.29, 0.717) is 37.4 Å². The van der Waals surface area contributed by atoms with E-state index >= 15 is 0 Å². The minimum atomic E-state index is -0.506. The molecule has 1 aliphatic rings. The molecule has 1 amide bonds. The van der Waals surface area contributed by atoms with Crippen molar-refractivity contribution in [3.63, 3.8) is 0 Å². The lowest BCUT2D eigenvalue weighted by molar-refractivity contribution is 0.0168. The summed E-state index contributed by atoms with van der Waals surface area (Å²) in [4.78, 5) is 30.8. The van der Waals surface area contributed by atoms with Crippen molar-refractivity contribution >= 4 is 11.9 Å². The molecule has 1 heterocycles. The van der Waals surface area contributed by atoms with Crippen LogP contribution < -0.4 is 0 Å². The Morgan fingerprint density at radius 2 is 1.54 bits per heavy atom. The predicted molar refractivity (Wildman–Crippen MR) is 102 cm³/mol. The molecule has 1 fully saturated rings. The fraction of sp³-hybridized carbons (Fsp3) is 0.500. The van der Waals surface area contributed by atoms with E-state index in [4.69, 9.17) is 4.74 Å². The Balaban J connectivity index is 2.08. The quantitative estimate of drug-likeness (QED) is 0.611. The predicted octanol–water partition coefficient (Wildman–Crippen LogP) is 2.83. The number of hydrogen-bond donors (Lipinski definition) is 0. The van der Waals surface area contributed by atoms with Crippen LogP contribution in [0.4, 0.5) is 4.79 Å². The topological polar surface area (TPSA) is 53.1 Å². The molecule has 0 saturated carbocycles. The number of hydrogen-bond acceptors (Lipinski definition) is 5. The Kier molecular flexibility index (Phi) is 6.29. The maximum absolute atomic E-state index is 12.9. The normalized spacial score (nSPS) is 15.7. The Bertz CT molecular complexity index is 655. The van der Waals surface area contributed by atoms with Gasteiger partial charge in [0.2, 0.25) is 5.78 Å². The second-order valence-electron chi connectivity index (χ2n) is 7.63. The zero-order valence-electron chi connectivity index (χ0n) is 16.4. The monoisotopic (exact) mass is 359 g/mol. The highest BCUT2D eigenvalue weighted by atomic mass is 16.6. The first-order valence-corrected chi connectivity index (χ1v) is 8.88. The van der Waals surface area contributed by atoms with Gasteiger partial charge in [0, 0.05) is 52.0 Å². The molecule has 26 heavy (non-hydrogen) atoms. The van der Waals surface area contributed by atoms with Gasteiger partial charge >= 0.3 is 6.09 Å². The maximum atomic E-state index is 12.9. The number of rotatable bonds is 4. The van der Waals surface area contributed by atoms with Crippen LogP contribution in [0.15, 0.2) is 42.2 Å². The van der Waals surface area contributed by atoms with Gasteiger partial charge in [0.05, 0.1) is 0 Å². The van der Waals surface area contributed by atoms with E-state index < -0.39 is 5.60 Å².